The lowest BCUT2D eigenvalue weighted by Gasteiger charge is -2.24. The fourth-order valence-electron chi connectivity index (χ4n) is 8.52. The molecule has 2 aliphatic heterocycles. The van der Waals surface area contributed by atoms with E-state index in [1.807, 2.05) is 0 Å². The average molecular weight is 1010 g/mol. The number of amides is 2. The van der Waals surface area contributed by atoms with E-state index in [1.165, 1.54) is 72.9 Å². The van der Waals surface area contributed by atoms with Crippen molar-refractivity contribution in [3.05, 3.63) is 118 Å². The van der Waals surface area contributed by atoms with Crippen molar-refractivity contribution in [2.75, 3.05) is 45.9 Å². The summed E-state index contributed by atoms with van der Waals surface area (Å²) in [7, 11) is 0.425. The number of aliphatic hydroxyl groups is 1. The maximum Gasteiger partial charge on any atom is 0.472 e. The summed E-state index contributed by atoms with van der Waals surface area (Å²) in [6.45, 7) is -0.485. The minimum atomic E-state index is -4.69. The Hall–Kier alpha value is -7.30. The van der Waals surface area contributed by atoms with Gasteiger partial charge in [0.15, 0.2) is 28.6 Å². The summed E-state index contributed by atoms with van der Waals surface area (Å²) in [4.78, 5) is 76.9. The van der Waals surface area contributed by atoms with Crippen molar-refractivity contribution in [2.24, 2.45) is 5.73 Å². The Labute approximate surface area is 411 Å². The number of fused-ring (bicyclic) bond motifs is 3. The molecule has 2 aromatic heterocycles. The van der Waals surface area contributed by atoms with Gasteiger partial charge in [0.05, 0.1) is 44.3 Å². The second-order valence-electron chi connectivity index (χ2n) is 17.3. The number of nitrogens with zero attached hydrogens (tertiary/aromatic N) is 5. The Balaban J connectivity index is 0.837. The fourth-order valence-corrected chi connectivity index (χ4v) is 9.29. The van der Waals surface area contributed by atoms with Gasteiger partial charge in [-0.25, -0.2) is 24.3 Å². The van der Waals surface area contributed by atoms with E-state index in [4.69, 9.17) is 28.7 Å². The molecule has 4 heterocycles. The van der Waals surface area contributed by atoms with Gasteiger partial charge in [0, 0.05) is 54.8 Å². The first kappa shape index (κ1) is 51.1. The molecule has 8 N–H and O–H groups in total. The largest absolute Gasteiger partial charge is 0.508 e. The van der Waals surface area contributed by atoms with Crippen LogP contribution < -0.4 is 31.4 Å². The molecule has 1 saturated heterocycles. The van der Waals surface area contributed by atoms with Gasteiger partial charge in [0.25, 0.3) is 5.91 Å². The predicted octanol–water partition coefficient (Wildman–Crippen LogP) is 4.62. The van der Waals surface area contributed by atoms with Crippen LogP contribution in [0.15, 0.2) is 101 Å². The van der Waals surface area contributed by atoms with Crippen molar-refractivity contribution in [2.45, 2.75) is 62.6 Å². The summed E-state index contributed by atoms with van der Waals surface area (Å²) in [6, 6.07) is 17.7. The highest BCUT2D eigenvalue weighted by Crippen LogP contribution is 2.45. The number of aromatic hydroxyl groups is 1. The average Bonchev–Trinajstić information content (AvgIpc) is 3.92. The molecule has 3 aliphatic rings. The number of aromatic carboxylic acids is 1. The molecular formula is C49H53N8O14P. The molecule has 2 amide bonds. The van der Waals surface area contributed by atoms with Crippen molar-refractivity contribution in [1.82, 2.24) is 30.2 Å². The molecule has 1 aliphatic carbocycles. The second kappa shape index (κ2) is 22.0. The summed E-state index contributed by atoms with van der Waals surface area (Å²) in [6.07, 6.45) is 1.16. The lowest BCUT2D eigenvalue weighted by atomic mass is 9.90. The fraction of sp³-hybridized carbons (Fsp3) is 0.327. The molecule has 8 rings (SSSR count). The monoisotopic (exact) mass is 1010 g/mol. The Morgan fingerprint density at radius 1 is 0.944 bits per heavy atom. The number of phenols is 1. The Kier molecular flexibility index (Phi) is 15.6. The third-order valence-corrected chi connectivity index (χ3v) is 13.1. The molecule has 5 aromatic rings. The maximum absolute atomic E-state index is 13.5. The number of benzene rings is 4. The third-order valence-electron chi connectivity index (χ3n) is 12.1. The highest BCUT2D eigenvalue weighted by molar-refractivity contribution is 7.47. The number of anilines is 1. The smallest absolute Gasteiger partial charge is 0.472 e. The zero-order valence-electron chi connectivity index (χ0n) is 39.3. The number of aromatic nitrogens is 4. The number of hydrogen-bond acceptors (Lipinski definition) is 17. The molecule has 0 spiro atoms. The summed E-state index contributed by atoms with van der Waals surface area (Å²) in [5, 5.41) is 38.1. The van der Waals surface area contributed by atoms with Crippen LogP contribution in [-0.2, 0) is 29.6 Å². The molecule has 1 unspecified atom stereocenters. The number of hydrogen-bond donors (Lipinski definition) is 7. The highest BCUT2D eigenvalue weighted by atomic mass is 31.2. The SMILES string of the molecule is COc1ccc(C[C@H](N)C(=O)N[C@H]2[C@@H](O)[C@H](n3cnc4c(N(C)C)ncnc43)O[C@@H]2COP(=O)(O)OCCCCCCNC(=O)c2ccc(-c3c4ccc(=O)cc-4oc4cc(O)ccc34)c(C(=O)O)c2)cc1. The molecule has 1 fully saturated rings. The van der Waals surface area contributed by atoms with E-state index in [0.717, 1.165) is 5.56 Å². The normalized spacial score (nSPS) is 18.0. The molecule has 6 atom stereocenters. The standard InChI is InChI=1S/C49H53N8O14P/c1-56(2)44-42-45(53-25-52-44)57(26-54-42)48-43(60)41(55-47(62)36(50)20-27-8-13-31(67-3)14-9-27)39(71-48)24-69-72(65,66)68-19-7-5-4-6-18-51-46(61)28-10-15-32(35(21-28)49(63)64)40-33-16-11-29(58)22-37(33)70-38-23-30(59)12-17-34(38)40/h8-17,21-23,25-26,36,39,41,43,48,58,60H,4-7,18-20,24,50H2,1-3H3,(H,51,61)(H,55,62)(H,63,64)(H,65,66)/t36-,39+,41+,43+,48+/m0/s1. The van der Waals surface area contributed by atoms with Crippen molar-refractivity contribution >= 4 is 53.6 Å². The number of imidazole rings is 1. The van der Waals surface area contributed by atoms with E-state index < -0.39 is 62.7 Å². The van der Waals surface area contributed by atoms with Crippen LogP contribution in [0.2, 0.25) is 0 Å². The summed E-state index contributed by atoms with van der Waals surface area (Å²) < 4.78 is 42.5. The van der Waals surface area contributed by atoms with E-state index in [1.54, 1.807) is 49.3 Å². The lowest BCUT2D eigenvalue weighted by molar-refractivity contribution is -0.124. The zero-order valence-corrected chi connectivity index (χ0v) is 40.2. The first-order valence-electron chi connectivity index (χ1n) is 22.9. The Bertz CT molecular complexity index is 3180. The number of phosphoric ester groups is 1. The maximum atomic E-state index is 13.5. The number of carbonyl (C=O) groups is 3. The van der Waals surface area contributed by atoms with E-state index in [9.17, 15) is 44.0 Å². The van der Waals surface area contributed by atoms with Crippen LogP contribution in [0.3, 0.4) is 0 Å². The van der Waals surface area contributed by atoms with Crippen molar-refractivity contribution in [1.29, 1.82) is 0 Å². The number of nitrogens with two attached hydrogens (primary N) is 1. The number of phosphoric acid groups is 1. The number of rotatable bonds is 21. The van der Waals surface area contributed by atoms with Gasteiger partial charge in [0.1, 0.15) is 41.4 Å². The van der Waals surface area contributed by atoms with E-state index >= 15 is 0 Å². The van der Waals surface area contributed by atoms with Gasteiger partial charge in [-0.2, -0.15) is 0 Å². The number of nitrogens with one attached hydrogen (secondary N) is 2. The molecule has 23 heteroatoms. The number of carbonyl (C=O) groups excluding carboxylic acids is 2. The van der Waals surface area contributed by atoms with E-state index in [0.29, 0.717) is 64.9 Å². The van der Waals surface area contributed by atoms with E-state index in [2.05, 4.69) is 25.6 Å². The topological polar surface area (TPSA) is 313 Å². The van der Waals surface area contributed by atoms with Crippen LogP contribution in [0, 0.1) is 0 Å². The van der Waals surface area contributed by atoms with Gasteiger partial charge in [0.2, 0.25) is 5.91 Å². The lowest BCUT2D eigenvalue weighted by Crippen LogP contribution is -2.53. The number of methoxy groups -OCH3 is 1. The number of aliphatic hydroxyl groups excluding tert-OH is 1. The minimum absolute atomic E-state index is 0.0850. The number of carboxylic acids is 1. The van der Waals surface area contributed by atoms with Crippen molar-refractivity contribution in [3.8, 4) is 33.9 Å². The number of unbranched alkanes of at least 4 members (excludes halogenated alkanes) is 3. The van der Waals surface area contributed by atoms with E-state index in [-0.39, 0.29) is 58.8 Å². The summed E-state index contributed by atoms with van der Waals surface area (Å²) in [5.41, 5.74) is 8.87. The number of carboxylic acid groups (broad SMARTS) is 1. The number of phenolic OH excluding ortho intramolecular Hbond substituents is 1. The third kappa shape index (κ3) is 11.4. The summed E-state index contributed by atoms with van der Waals surface area (Å²) in [5.74, 6) is -1.15. The molecule has 0 radical (unpaired) electrons. The minimum Gasteiger partial charge on any atom is -0.508 e. The van der Waals surface area contributed by atoms with Gasteiger partial charge in [-0.1, -0.05) is 31.0 Å². The van der Waals surface area contributed by atoms with Gasteiger partial charge in [-0.15, -0.1) is 0 Å². The molecule has 378 valence electrons. The molecule has 3 aromatic carbocycles. The van der Waals surface area contributed by atoms with Gasteiger partial charge < -0.3 is 55.4 Å². The van der Waals surface area contributed by atoms with Crippen LogP contribution in [-0.4, -0.2) is 123 Å². The van der Waals surface area contributed by atoms with Crippen LogP contribution in [0.25, 0.3) is 44.6 Å². The quantitative estimate of drug-likeness (QED) is 0.0293. The van der Waals surface area contributed by atoms with Crippen molar-refractivity contribution in [3.63, 3.8) is 0 Å². The first-order chi connectivity index (χ1) is 34.5. The van der Waals surface area contributed by atoms with Gasteiger partial charge in [-0.05, 0) is 78.9 Å². The van der Waals surface area contributed by atoms with Gasteiger partial charge >= 0.3 is 13.8 Å². The zero-order chi connectivity index (χ0) is 51.3. The van der Waals surface area contributed by atoms with Crippen LogP contribution in [0.4, 0.5) is 5.82 Å². The van der Waals surface area contributed by atoms with Crippen LogP contribution >= 0.6 is 7.82 Å². The number of ether oxygens (including phenoxy) is 2. The van der Waals surface area contributed by atoms with Crippen LogP contribution in [0.5, 0.6) is 11.5 Å². The molecule has 0 saturated carbocycles. The molecule has 72 heavy (non-hydrogen) atoms. The Morgan fingerprint density at radius 2 is 1.71 bits per heavy atom. The first-order valence-corrected chi connectivity index (χ1v) is 24.4. The molecular weight excluding hydrogens is 956 g/mol. The highest BCUT2D eigenvalue weighted by Gasteiger charge is 2.47. The molecule has 0 bridgehead atoms. The molecule has 22 nitrogen and oxygen atoms in total. The Morgan fingerprint density at radius 3 is 2.46 bits per heavy atom. The van der Waals surface area contributed by atoms with Gasteiger partial charge in [-0.3, -0.25) is 28.0 Å². The van der Waals surface area contributed by atoms with Crippen LogP contribution in [0.1, 0.15) is 58.2 Å². The summed E-state index contributed by atoms with van der Waals surface area (Å²) >= 11 is 0. The van der Waals surface area contributed by atoms with Crippen molar-refractivity contribution < 1.29 is 62.1 Å². The second-order valence-corrected chi connectivity index (χ2v) is 18.8. The predicted molar refractivity (Wildman–Crippen MR) is 262 cm³/mol.